The highest BCUT2D eigenvalue weighted by Crippen LogP contribution is 2.44. The van der Waals surface area contributed by atoms with Gasteiger partial charge in [0.05, 0.1) is 0 Å². The summed E-state index contributed by atoms with van der Waals surface area (Å²) in [5.74, 6) is 0.731. The number of nitrogens with one attached hydrogen (secondary N) is 1. The van der Waals surface area contributed by atoms with Gasteiger partial charge in [-0.1, -0.05) is 29.8 Å². The molecule has 112 valence electrons. The summed E-state index contributed by atoms with van der Waals surface area (Å²) in [5.41, 5.74) is 6.18. The lowest BCUT2D eigenvalue weighted by Crippen LogP contribution is -2.13. The van der Waals surface area contributed by atoms with Crippen LogP contribution in [-0.2, 0) is 0 Å². The topological polar surface area (TPSA) is 45.2 Å². The Morgan fingerprint density at radius 2 is 1.78 bits per heavy atom. The second-order valence-electron chi connectivity index (χ2n) is 6.13. The third-order valence-corrected chi connectivity index (χ3v) is 4.61. The van der Waals surface area contributed by atoms with Crippen molar-refractivity contribution in [2.24, 2.45) is 0 Å². The van der Waals surface area contributed by atoms with Gasteiger partial charge in [0.1, 0.15) is 5.75 Å². The zero-order valence-electron chi connectivity index (χ0n) is 12.6. The first-order valence-corrected chi connectivity index (χ1v) is 7.71. The normalized spacial score (nSPS) is 16.2. The van der Waals surface area contributed by atoms with Gasteiger partial charge in [0.15, 0.2) is 0 Å². The Bertz CT molecular complexity index is 1080. The molecule has 0 fully saturated rings. The number of aliphatic hydroxyl groups is 1. The van der Waals surface area contributed by atoms with Gasteiger partial charge in [-0.3, -0.25) is 0 Å². The molecule has 1 unspecified atom stereocenters. The average molecular weight is 301 g/mol. The summed E-state index contributed by atoms with van der Waals surface area (Å²) < 4.78 is 5.68. The van der Waals surface area contributed by atoms with Crippen molar-refractivity contribution >= 4 is 21.8 Å². The molecule has 2 N–H and O–H groups in total. The Kier molecular flexibility index (Phi) is 2.42. The van der Waals surface area contributed by atoms with Crippen LogP contribution in [0.3, 0.4) is 0 Å². The zero-order chi connectivity index (χ0) is 15.6. The molecule has 1 atom stereocenters. The van der Waals surface area contributed by atoms with E-state index in [0.29, 0.717) is 0 Å². The molecule has 1 aliphatic heterocycles. The third-order valence-electron chi connectivity index (χ3n) is 4.61. The molecule has 5 rings (SSSR count). The first-order chi connectivity index (χ1) is 11.2. The van der Waals surface area contributed by atoms with Gasteiger partial charge in [0.25, 0.3) is 0 Å². The lowest BCUT2D eigenvalue weighted by molar-refractivity contribution is -0.0212. The molecule has 3 heteroatoms. The monoisotopic (exact) mass is 301 g/mol. The number of H-pyrrole nitrogens is 1. The molecule has 0 amide bonds. The van der Waals surface area contributed by atoms with E-state index in [1.165, 1.54) is 16.3 Å². The van der Waals surface area contributed by atoms with Crippen molar-refractivity contribution in [2.45, 2.75) is 13.2 Å². The molecule has 1 aliphatic rings. The maximum Gasteiger partial charge on any atom is 0.224 e. The molecule has 0 bridgehead atoms. The number of aryl methyl sites for hydroxylation is 1. The number of hydrogen-bond acceptors (Lipinski definition) is 2. The van der Waals surface area contributed by atoms with Crippen LogP contribution in [0.15, 0.2) is 54.6 Å². The van der Waals surface area contributed by atoms with Crippen molar-refractivity contribution in [3.8, 4) is 16.9 Å². The molecule has 23 heavy (non-hydrogen) atoms. The van der Waals surface area contributed by atoms with E-state index in [-0.39, 0.29) is 0 Å². The summed E-state index contributed by atoms with van der Waals surface area (Å²) in [6.07, 6.45) is -0.934. The molecule has 0 saturated heterocycles. The fourth-order valence-corrected chi connectivity index (χ4v) is 3.49. The van der Waals surface area contributed by atoms with Crippen LogP contribution in [0, 0.1) is 6.92 Å². The van der Waals surface area contributed by atoms with Crippen LogP contribution < -0.4 is 4.74 Å². The van der Waals surface area contributed by atoms with Gasteiger partial charge >= 0.3 is 0 Å². The summed E-state index contributed by atoms with van der Waals surface area (Å²) in [6.45, 7) is 2.06. The number of aliphatic hydroxyl groups excluding tert-OH is 1. The molecule has 0 aliphatic carbocycles. The molecule has 0 saturated carbocycles. The number of ether oxygens (including phenoxy) is 1. The van der Waals surface area contributed by atoms with E-state index >= 15 is 0 Å². The number of rotatable bonds is 0. The summed E-state index contributed by atoms with van der Waals surface area (Å²) in [4.78, 5) is 3.42. The van der Waals surface area contributed by atoms with Gasteiger partial charge in [-0.05, 0) is 42.8 Å². The molecular weight excluding hydrogens is 286 g/mol. The number of hydrogen-bond donors (Lipinski definition) is 2. The Hall–Kier alpha value is -2.78. The van der Waals surface area contributed by atoms with Gasteiger partial charge < -0.3 is 14.8 Å². The van der Waals surface area contributed by atoms with Crippen LogP contribution in [0.1, 0.15) is 17.4 Å². The molecule has 1 aromatic heterocycles. The van der Waals surface area contributed by atoms with Gasteiger partial charge in [-0.15, -0.1) is 0 Å². The quantitative estimate of drug-likeness (QED) is 0.495. The molecular formula is C20H15NO2. The second kappa shape index (κ2) is 4.37. The highest BCUT2D eigenvalue weighted by molar-refractivity contribution is 6.09. The second-order valence-corrected chi connectivity index (χ2v) is 6.13. The third kappa shape index (κ3) is 1.74. The molecule has 0 radical (unpaired) electrons. The Labute approximate surface area is 133 Å². The molecule has 2 heterocycles. The van der Waals surface area contributed by atoms with Crippen molar-refractivity contribution < 1.29 is 9.84 Å². The highest BCUT2D eigenvalue weighted by atomic mass is 16.6. The van der Waals surface area contributed by atoms with Crippen LogP contribution in [-0.4, -0.2) is 10.1 Å². The van der Waals surface area contributed by atoms with Crippen molar-refractivity contribution in [1.29, 1.82) is 0 Å². The Balaban J connectivity index is 1.90. The van der Waals surface area contributed by atoms with Gasteiger partial charge in [0.2, 0.25) is 6.29 Å². The molecule has 3 nitrogen and oxygen atoms in total. The van der Waals surface area contributed by atoms with Crippen LogP contribution >= 0.6 is 0 Å². The van der Waals surface area contributed by atoms with E-state index in [1.807, 2.05) is 30.3 Å². The summed E-state index contributed by atoms with van der Waals surface area (Å²) in [7, 11) is 0. The van der Waals surface area contributed by atoms with Crippen LogP contribution in [0.5, 0.6) is 5.75 Å². The number of aromatic amines is 1. The predicted molar refractivity (Wildman–Crippen MR) is 91.6 cm³/mol. The first kappa shape index (κ1) is 12.7. The van der Waals surface area contributed by atoms with E-state index in [0.717, 1.165) is 33.5 Å². The maximum atomic E-state index is 10.4. The summed E-state index contributed by atoms with van der Waals surface area (Å²) >= 11 is 0. The predicted octanol–water partition coefficient (Wildman–Crippen LogP) is 4.68. The summed E-state index contributed by atoms with van der Waals surface area (Å²) in [6, 6.07) is 18.5. The fraction of sp³-hybridized carbons (Fsp3) is 0.100. The lowest BCUT2D eigenvalue weighted by atomic mass is 9.93. The lowest BCUT2D eigenvalue weighted by Gasteiger charge is -2.25. The molecule has 3 aromatic carbocycles. The average Bonchev–Trinajstić information content (AvgIpc) is 2.92. The maximum absolute atomic E-state index is 10.4. The van der Waals surface area contributed by atoms with E-state index in [2.05, 4.69) is 36.2 Å². The SMILES string of the molecule is Cc1ccc2c(c1)-c1cc3c(cc1C(O)O2)[nH]c1ccccc13. The minimum atomic E-state index is -0.934. The smallest absolute Gasteiger partial charge is 0.224 e. The fourth-order valence-electron chi connectivity index (χ4n) is 3.49. The van der Waals surface area contributed by atoms with E-state index < -0.39 is 6.29 Å². The van der Waals surface area contributed by atoms with Gasteiger partial charge in [-0.25, -0.2) is 0 Å². The van der Waals surface area contributed by atoms with Crippen LogP contribution in [0.4, 0.5) is 0 Å². The van der Waals surface area contributed by atoms with Crippen LogP contribution in [0.25, 0.3) is 32.9 Å². The zero-order valence-corrected chi connectivity index (χ0v) is 12.6. The van der Waals surface area contributed by atoms with Crippen molar-refractivity contribution in [2.75, 3.05) is 0 Å². The number of benzene rings is 3. The minimum Gasteiger partial charge on any atom is -0.460 e. The Morgan fingerprint density at radius 3 is 2.70 bits per heavy atom. The van der Waals surface area contributed by atoms with E-state index in [1.54, 1.807) is 0 Å². The van der Waals surface area contributed by atoms with Crippen molar-refractivity contribution in [3.05, 3.63) is 65.7 Å². The molecule has 4 aromatic rings. The summed E-state index contributed by atoms with van der Waals surface area (Å²) in [5, 5.41) is 12.7. The molecule has 0 spiro atoms. The first-order valence-electron chi connectivity index (χ1n) is 7.71. The number of aromatic nitrogens is 1. The highest BCUT2D eigenvalue weighted by Gasteiger charge is 2.25. The van der Waals surface area contributed by atoms with Gasteiger partial charge in [-0.2, -0.15) is 0 Å². The van der Waals surface area contributed by atoms with Crippen molar-refractivity contribution in [1.82, 2.24) is 4.98 Å². The van der Waals surface area contributed by atoms with E-state index in [9.17, 15) is 5.11 Å². The standard InChI is InChI=1S/C20H15NO2/c1-11-6-7-19-15(8-11)13-9-14-12-4-2-3-5-17(12)21-18(14)10-16(13)20(22)23-19/h2-10,20-22H,1H3. The Morgan fingerprint density at radius 1 is 0.913 bits per heavy atom. The number of para-hydroxylation sites is 1. The van der Waals surface area contributed by atoms with E-state index in [4.69, 9.17) is 4.74 Å². The minimum absolute atomic E-state index is 0.731. The largest absolute Gasteiger partial charge is 0.460 e. The number of fused-ring (bicyclic) bond motifs is 6. The van der Waals surface area contributed by atoms with Crippen molar-refractivity contribution in [3.63, 3.8) is 0 Å². The van der Waals surface area contributed by atoms with Crippen LogP contribution in [0.2, 0.25) is 0 Å². The van der Waals surface area contributed by atoms with Gasteiger partial charge in [0, 0.05) is 32.9 Å².